The fourth-order valence-electron chi connectivity index (χ4n) is 3.82. The van der Waals surface area contributed by atoms with Crippen molar-refractivity contribution in [3.63, 3.8) is 0 Å². The lowest BCUT2D eigenvalue weighted by atomic mass is 10.0. The number of pyridine rings is 1. The summed E-state index contributed by atoms with van der Waals surface area (Å²) in [6, 6.07) is 7.18. The van der Waals surface area contributed by atoms with Crippen molar-refractivity contribution in [2.45, 2.75) is 13.1 Å². The van der Waals surface area contributed by atoms with Gasteiger partial charge in [0.25, 0.3) is 11.5 Å². The van der Waals surface area contributed by atoms with E-state index in [0.717, 1.165) is 16.7 Å². The first-order chi connectivity index (χ1) is 14.1. The molecule has 4 heterocycles. The standard InChI is InChI=1S/C20H17N7O2/c1-26-19(27-10-12-8-22-5-4-13(12)20(27)29)16(9-23-26)11-2-3-14-15(6-11)17(7-21)24-25-18(14)28/h2-6,8-9H,7,10,21H2,1H3,(H,25,28). The second-order valence-corrected chi connectivity index (χ2v) is 6.89. The average molecular weight is 387 g/mol. The number of rotatable bonds is 3. The number of hydrogen-bond acceptors (Lipinski definition) is 6. The van der Waals surface area contributed by atoms with E-state index in [9.17, 15) is 9.59 Å². The average Bonchev–Trinajstić information content (AvgIpc) is 3.28. The molecular weight excluding hydrogens is 370 g/mol. The number of H-pyrrole nitrogens is 1. The largest absolute Gasteiger partial charge is 0.325 e. The van der Waals surface area contributed by atoms with Crippen molar-refractivity contribution in [1.82, 2.24) is 25.0 Å². The van der Waals surface area contributed by atoms with Crippen molar-refractivity contribution in [1.29, 1.82) is 0 Å². The van der Waals surface area contributed by atoms with Gasteiger partial charge in [-0.3, -0.25) is 24.2 Å². The summed E-state index contributed by atoms with van der Waals surface area (Å²) >= 11 is 0. The van der Waals surface area contributed by atoms with Gasteiger partial charge in [0.1, 0.15) is 5.82 Å². The van der Waals surface area contributed by atoms with Crippen LogP contribution in [0.5, 0.6) is 0 Å². The lowest BCUT2D eigenvalue weighted by Crippen LogP contribution is -2.26. The summed E-state index contributed by atoms with van der Waals surface area (Å²) in [5, 5.41) is 12.1. The zero-order valence-corrected chi connectivity index (χ0v) is 15.6. The Kier molecular flexibility index (Phi) is 3.78. The van der Waals surface area contributed by atoms with E-state index in [0.29, 0.717) is 34.4 Å². The minimum Gasteiger partial charge on any atom is -0.325 e. The van der Waals surface area contributed by atoms with Crippen molar-refractivity contribution < 1.29 is 4.79 Å². The van der Waals surface area contributed by atoms with E-state index in [1.54, 1.807) is 47.4 Å². The van der Waals surface area contributed by atoms with Gasteiger partial charge < -0.3 is 5.73 Å². The fraction of sp³-hybridized carbons (Fsp3) is 0.150. The first kappa shape index (κ1) is 17.3. The smallest absolute Gasteiger partial charge is 0.272 e. The highest BCUT2D eigenvalue weighted by Gasteiger charge is 2.32. The zero-order valence-electron chi connectivity index (χ0n) is 15.6. The first-order valence-electron chi connectivity index (χ1n) is 9.07. The summed E-state index contributed by atoms with van der Waals surface area (Å²) in [6.45, 7) is 0.626. The third-order valence-electron chi connectivity index (χ3n) is 5.24. The summed E-state index contributed by atoms with van der Waals surface area (Å²) < 4.78 is 1.68. The van der Waals surface area contributed by atoms with Crippen LogP contribution in [0.1, 0.15) is 21.6 Å². The first-order valence-corrected chi connectivity index (χ1v) is 9.07. The van der Waals surface area contributed by atoms with Crippen molar-refractivity contribution >= 4 is 22.5 Å². The van der Waals surface area contributed by atoms with Gasteiger partial charge in [-0.1, -0.05) is 6.07 Å². The number of benzene rings is 1. The van der Waals surface area contributed by atoms with Crippen molar-refractivity contribution in [3.05, 3.63) is 70.0 Å². The molecule has 9 nitrogen and oxygen atoms in total. The van der Waals surface area contributed by atoms with Gasteiger partial charge >= 0.3 is 0 Å². The Balaban J connectivity index is 1.67. The van der Waals surface area contributed by atoms with Crippen LogP contribution in [0.25, 0.3) is 21.9 Å². The van der Waals surface area contributed by atoms with Gasteiger partial charge in [-0.25, -0.2) is 5.10 Å². The molecule has 3 aromatic heterocycles. The molecule has 29 heavy (non-hydrogen) atoms. The SMILES string of the molecule is Cn1ncc(-c2ccc3c(=O)[nH]nc(CN)c3c2)c1N1Cc2cnccc2C1=O. The van der Waals surface area contributed by atoms with Crippen LogP contribution in [0.2, 0.25) is 0 Å². The highest BCUT2D eigenvalue weighted by Crippen LogP contribution is 2.36. The van der Waals surface area contributed by atoms with Gasteiger partial charge in [0.15, 0.2) is 0 Å². The normalized spacial score (nSPS) is 13.3. The fourth-order valence-corrected chi connectivity index (χ4v) is 3.82. The zero-order chi connectivity index (χ0) is 20.1. The molecule has 0 saturated carbocycles. The van der Waals surface area contributed by atoms with Crippen LogP contribution in [0.3, 0.4) is 0 Å². The quantitative estimate of drug-likeness (QED) is 0.547. The molecule has 0 bridgehead atoms. The number of anilines is 1. The Bertz CT molecular complexity index is 1340. The number of nitrogens with two attached hydrogens (primary N) is 1. The maximum atomic E-state index is 13.0. The molecule has 0 aliphatic carbocycles. The van der Waals surface area contributed by atoms with Gasteiger partial charge in [0.05, 0.1) is 23.8 Å². The lowest BCUT2D eigenvalue weighted by Gasteiger charge is -2.18. The lowest BCUT2D eigenvalue weighted by molar-refractivity contribution is 0.0995. The van der Waals surface area contributed by atoms with Crippen LogP contribution in [-0.2, 0) is 20.1 Å². The van der Waals surface area contributed by atoms with E-state index in [1.807, 2.05) is 12.1 Å². The summed E-state index contributed by atoms with van der Waals surface area (Å²) in [6.07, 6.45) is 5.05. The number of carbonyl (C=O) groups excluding carboxylic acids is 1. The monoisotopic (exact) mass is 387 g/mol. The minimum absolute atomic E-state index is 0.0891. The number of carbonyl (C=O) groups is 1. The third-order valence-corrected chi connectivity index (χ3v) is 5.24. The van der Waals surface area contributed by atoms with Gasteiger partial charge in [-0.15, -0.1) is 0 Å². The molecular formula is C20H17N7O2. The number of aryl methyl sites for hydroxylation is 1. The molecule has 1 aromatic carbocycles. The highest BCUT2D eigenvalue weighted by atomic mass is 16.2. The molecule has 0 saturated heterocycles. The molecule has 4 aromatic rings. The molecule has 144 valence electrons. The number of amides is 1. The van der Waals surface area contributed by atoms with Gasteiger partial charge in [-0.05, 0) is 23.8 Å². The van der Waals surface area contributed by atoms with Crippen LogP contribution in [0, 0.1) is 0 Å². The molecule has 0 atom stereocenters. The summed E-state index contributed by atoms with van der Waals surface area (Å²) in [5.74, 6) is 0.589. The molecule has 0 spiro atoms. The molecule has 3 N–H and O–H groups in total. The van der Waals surface area contributed by atoms with Gasteiger partial charge in [0, 0.05) is 48.1 Å². The number of aromatic nitrogens is 5. The molecule has 9 heteroatoms. The molecule has 1 aliphatic heterocycles. The van der Waals surface area contributed by atoms with E-state index >= 15 is 0 Å². The number of aromatic amines is 1. The Morgan fingerprint density at radius 1 is 1.14 bits per heavy atom. The summed E-state index contributed by atoms with van der Waals surface area (Å²) in [7, 11) is 1.80. The highest BCUT2D eigenvalue weighted by molar-refractivity contribution is 6.11. The molecule has 1 amide bonds. The van der Waals surface area contributed by atoms with Crippen LogP contribution < -0.4 is 16.2 Å². The predicted molar refractivity (Wildman–Crippen MR) is 107 cm³/mol. The van der Waals surface area contributed by atoms with Crippen molar-refractivity contribution in [3.8, 4) is 11.1 Å². The Labute approximate surface area is 164 Å². The topological polar surface area (TPSA) is 123 Å². The number of nitrogens with zero attached hydrogens (tertiary/aromatic N) is 5. The number of hydrogen-bond donors (Lipinski definition) is 2. The molecule has 0 unspecified atom stereocenters. The van der Waals surface area contributed by atoms with E-state index in [1.165, 1.54) is 0 Å². The Hall–Kier alpha value is -3.85. The van der Waals surface area contributed by atoms with Crippen LogP contribution in [-0.4, -0.2) is 30.9 Å². The molecule has 5 rings (SSSR count). The predicted octanol–water partition coefficient (Wildman–Crippen LogP) is 1.34. The van der Waals surface area contributed by atoms with Crippen LogP contribution in [0.15, 0.2) is 47.7 Å². The Morgan fingerprint density at radius 3 is 2.79 bits per heavy atom. The second kappa shape index (κ2) is 6.35. The van der Waals surface area contributed by atoms with Crippen molar-refractivity contribution in [2.24, 2.45) is 12.8 Å². The Morgan fingerprint density at radius 2 is 2.00 bits per heavy atom. The second-order valence-electron chi connectivity index (χ2n) is 6.89. The third kappa shape index (κ3) is 2.55. The van der Waals surface area contributed by atoms with E-state index in [2.05, 4.69) is 20.3 Å². The van der Waals surface area contributed by atoms with Gasteiger partial charge in [-0.2, -0.15) is 10.2 Å². The molecule has 1 aliphatic rings. The number of nitrogens with one attached hydrogen (secondary N) is 1. The van der Waals surface area contributed by atoms with Crippen LogP contribution >= 0.6 is 0 Å². The van der Waals surface area contributed by atoms with Crippen LogP contribution in [0.4, 0.5) is 5.82 Å². The van der Waals surface area contributed by atoms with Crippen molar-refractivity contribution in [2.75, 3.05) is 4.90 Å². The van der Waals surface area contributed by atoms with E-state index < -0.39 is 0 Å². The summed E-state index contributed by atoms with van der Waals surface area (Å²) in [4.78, 5) is 30.9. The maximum absolute atomic E-state index is 13.0. The maximum Gasteiger partial charge on any atom is 0.272 e. The van der Waals surface area contributed by atoms with E-state index in [4.69, 9.17) is 5.73 Å². The molecule has 0 fully saturated rings. The minimum atomic E-state index is -0.271. The number of fused-ring (bicyclic) bond motifs is 2. The van der Waals surface area contributed by atoms with Gasteiger partial charge in [0.2, 0.25) is 0 Å². The molecule has 0 radical (unpaired) electrons. The van der Waals surface area contributed by atoms with E-state index in [-0.39, 0.29) is 18.0 Å². The summed E-state index contributed by atoms with van der Waals surface area (Å²) in [5.41, 5.74) is 9.26.